The maximum absolute atomic E-state index is 12.9. The van der Waals surface area contributed by atoms with E-state index < -0.39 is 17.7 Å². The Bertz CT molecular complexity index is 1090. The lowest BCUT2D eigenvalue weighted by Gasteiger charge is -2.32. The molecule has 4 rings (SSSR count). The van der Waals surface area contributed by atoms with E-state index in [1.165, 1.54) is 11.0 Å². The monoisotopic (exact) mass is 445 g/mol. The number of hydrogen-bond acceptors (Lipinski definition) is 4. The summed E-state index contributed by atoms with van der Waals surface area (Å²) < 4.78 is 40.7. The third-order valence-corrected chi connectivity index (χ3v) is 5.46. The molecule has 1 unspecified atom stereocenters. The summed E-state index contributed by atoms with van der Waals surface area (Å²) >= 11 is 0. The molecule has 2 amide bonds. The predicted octanol–water partition coefficient (Wildman–Crippen LogP) is 2.85. The number of aromatic nitrogens is 3. The van der Waals surface area contributed by atoms with Gasteiger partial charge in [-0.25, -0.2) is 9.97 Å². The average molecular weight is 445 g/mol. The van der Waals surface area contributed by atoms with Crippen molar-refractivity contribution >= 4 is 17.6 Å². The van der Waals surface area contributed by atoms with Crippen molar-refractivity contribution < 1.29 is 22.8 Å². The zero-order valence-electron chi connectivity index (χ0n) is 17.2. The first-order valence-corrected chi connectivity index (χ1v) is 10.3. The Labute approximate surface area is 182 Å². The van der Waals surface area contributed by atoms with Crippen LogP contribution in [0.15, 0.2) is 48.9 Å². The SMILES string of the molecule is O=C(NCCc1cn2cccnc2n1)C1CCC(=O)N(Cc2cccc(C(F)(F)F)c2)C1. The van der Waals surface area contributed by atoms with E-state index in [1.807, 2.05) is 12.4 Å². The molecular formula is C22H22F3N5O2. The van der Waals surface area contributed by atoms with Gasteiger partial charge in [-0.05, 0) is 30.2 Å². The van der Waals surface area contributed by atoms with Crippen molar-refractivity contribution in [1.29, 1.82) is 0 Å². The number of benzene rings is 1. The number of amides is 2. The minimum atomic E-state index is -4.44. The van der Waals surface area contributed by atoms with Gasteiger partial charge >= 0.3 is 6.18 Å². The summed E-state index contributed by atoms with van der Waals surface area (Å²) in [5.74, 6) is -0.150. The molecule has 0 aliphatic carbocycles. The Hall–Kier alpha value is -3.43. The van der Waals surface area contributed by atoms with Crippen LogP contribution in [0.25, 0.3) is 5.78 Å². The molecule has 1 aromatic carbocycles. The topological polar surface area (TPSA) is 79.6 Å². The average Bonchev–Trinajstić information content (AvgIpc) is 3.17. The highest BCUT2D eigenvalue weighted by atomic mass is 19.4. The number of imidazole rings is 1. The molecule has 0 saturated carbocycles. The molecule has 1 saturated heterocycles. The van der Waals surface area contributed by atoms with Crippen molar-refractivity contribution in [3.05, 3.63) is 65.7 Å². The van der Waals surface area contributed by atoms with Gasteiger partial charge in [0, 0.05) is 51.1 Å². The fourth-order valence-electron chi connectivity index (χ4n) is 3.81. The second-order valence-electron chi connectivity index (χ2n) is 7.81. The minimum Gasteiger partial charge on any atom is -0.355 e. The van der Waals surface area contributed by atoms with Gasteiger partial charge in [0.2, 0.25) is 17.6 Å². The normalized spacial score (nSPS) is 17.0. The lowest BCUT2D eigenvalue weighted by molar-refractivity contribution is -0.139. The number of carbonyl (C=O) groups excluding carboxylic acids is 2. The molecule has 1 aliphatic rings. The molecule has 1 N–H and O–H groups in total. The molecule has 3 aromatic rings. The van der Waals surface area contributed by atoms with Gasteiger partial charge in [0.25, 0.3) is 0 Å². The molecule has 1 fully saturated rings. The van der Waals surface area contributed by atoms with Crippen LogP contribution < -0.4 is 5.32 Å². The lowest BCUT2D eigenvalue weighted by Crippen LogP contribution is -2.45. The van der Waals surface area contributed by atoms with Crippen LogP contribution in [-0.4, -0.2) is 44.2 Å². The zero-order valence-corrected chi connectivity index (χ0v) is 17.2. The fourth-order valence-corrected chi connectivity index (χ4v) is 3.81. The zero-order chi connectivity index (χ0) is 22.7. The minimum absolute atomic E-state index is 0.0424. The number of nitrogens with zero attached hydrogens (tertiary/aromatic N) is 4. The Morgan fingerprint density at radius 3 is 2.88 bits per heavy atom. The maximum Gasteiger partial charge on any atom is 0.416 e. The molecule has 10 heteroatoms. The van der Waals surface area contributed by atoms with Crippen LogP contribution in [0.3, 0.4) is 0 Å². The van der Waals surface area contributed by atoms with Crippen molar-refractivity contribution in [1.82, 2.24) is 24.6 Å². The summed E-state index contributed by atoms with van der Waals surface area (Å²) in [5.41, 5.74) is 0.430. The van der Waals surface area contributed by atoms with Gasteiger partial charge in [-0.2, -0.15) is 13.2 Å². The van der Waals surface area contributed by atoms with Gasteiger partial charge in [-0.15, -0.1) is 0 Å². The number of likely N-dealkylation sites (tertiary alicyclic amines) is 1. The first-order chi connectivity index (χ1) is 15.3. The first-order valence-electron chi connectivity index (χ1n) is 10.3. The molecule has 0 radical (unpaired) electrons. The van der Waals surface area contributed by atoms with Crippen LogP contribution in [0, 0.1) is 5.92 Å². The smallest absolute Gasteiger partial charge is 0.355 e. The summed E-state index contributed by atoms with van der Waals surface area (Å²) in [7, 11) is 0. The van der Waals surface area contributed by atoms with Crippen molar-refractivity contribution in [2.24, 2.45) is 5.92 Å². The molecule has 1 atom stereocenters. The van der Waals surface area contributed by atoms with Crippen LogP contribution in [-0.2, 0) is 28.7 Å². The molecule has 168 valence electrons. The van der Waals surface area contributed by atoms with Gasteiger partial charge in [0.15, 0.2) is 0 Å². The second kappa shape index (κ2) is 8.97. The van der Waals surface area contributed by atoms with Gasteiger partial charge in [-0.1, -0.05) is 12.1 Å². The Balaban J connectivity index is 1.32. The van der Waals surface area contributed by atoms with E-state index in [2.05, 4.69) is 15.3 Å². The molecule has 2 aromatic heterocycles. The summed E-state index contributed by atoms with van der Waals surface area (Å²) in [6.07, 6.45) is 2.05. The maximum atomic E-state index is 12.9. The molecule has 7 nitrogen and oxygen atoms in total. The van der Waals surface area contributed by atoms with Crippen LogP contribution in [0.5, 0.6) is 0 Å². The third-order valence-electron chi connectivity index (χ3n) is 5.46. The van der Waals surface area contributed by atoms with Crippen molar-refractivity contribution in [2.75, 3.05) is 13.1 Å². The van der Waals surface area contributed by atoms with Crippen LogP contribution in [0.1, 0.15) is 29.7 Å². The molecule has 0 bridgehead atoms. The first kappa shape index (κ1) is 21.8. The second-order valence-corrected chi connectivity index (χ2v) is 7.81. The highest BCUT2D eigenvalue weighted by molar-refractivity contribution is 5.83. The van der Waals surface area contributed by atoms with E-state index in [9.17, 15) is 22.8 Å². The standard InChI is InChI=1S/C22H22F3N5O2/c23-22(24,25)17-4-1-3-15(11-17)12-30-13-16(5-6-19(30)31)20(32)26-9-7-18-14-29-10-2-8-27-21(29)28-18/h1-4,8,10-11,14,16H,5-7,9,12-13H2,(H,26,32). The van der Waals surface area contributed by atoms with Gasteiger partial charge in [-0.3, -0.25) is 14.0 Å². The van der Waals surface area contributed by atoms with E-state index >= 15 is 0 Å². The van der Waals surface area contributed by atoms with Crippen molar-refractivity contribution in [2.45, 2.75) is 32.0 Å². The van der Waals surface area contributed by atoms with Gasteiger partial charge < -0.3 is 10.2 Å². The molecular weight excluding hydrogens is 423 g/mol. The highest BCUT2D eigenvalue weighted by Gasteiger charge is 2.32. The summed E-state index contributed by atoms with van der Waals surface area (Å²) in [6.45, 7) is 0.612. The Kier molecular flexibility index (Phi) is 6.11. The van der Waals surface area contributed by atoms with Crippen LogP contribution in [0.2, 0.25) is 0 Å². The number of piperidine rings is 1. The Morgan fingerprint density at radius 2 is 2.09 bits per heavy atom. The fraction of sp³-hybridized carbons (Fsp3) is 0.364. The predicted molar refractivity (Wildman–Crippen MR) is 109 cm³/mol. The van der Waals surface area contributed by atoms with Gasteiger partial charge in [0.1, 0.15) is 0 Å². The van der Waals surface area contributed by atoms with Gasteiger partial charge in [0.05, 0.1) is 17.2 Å². The van der Waals surface area contributed by atoms with Crippen molar-refractivity contribution in [3.8, 4) is 0 Å². The third kappa shape index (κ3) is 5.06. The lowest BCUT2D eigenvalue weighted by atomic mass is 9.96. The number of rotatable bonds is 6. The van der Waals surface area contributed by atoms with E-state index in [1.54, 1.807) is 22.7 Å². The number of alkyl halides is 3. The molecule has 3 heterocycles. The summed E-state index contributed by atoms with van der Waals surface area (Å²) in [5, 5.41) is 2.88. The quantitative estimate of drug-likeness (QED) is 0.633. The highest BCUT2D eigenvalue weighted by Crippen LogP contribution is 2.30. The number of fused-ring (bicyclic) bond motifs is 1. The number of halogens is 3. The summed E-state index contributed by atoms with van der Waals surface area (Å²) in [4.78, 5) is 34.9. The largest absolute Gasteiger partial charge is 0.416 e. The number of nitrogens with one attached hydrogen (secondary N) is 1. The summed E-state index contributed by atoms with van der Waals surface area (Å²) in [6, 6.07) is 6.72. The molecule has 0 spiro atoms. The Morgan fingerprint density at radius 1 is 1.25 bits per heavy atom. The van der Waals surface area contributed by atoms with Crippen LogP contribution in [0.4, 0.5) is 13.2 Å². The molecule has 32 heavy (non-hydrogen) atoms. The van der Waals surface area contributed by atoms with E-state index in [-0.39, 0.29) is 31.3 Å². The van der Waals surface area contributed by atoms with Crippen molar-refractivity contribution in [3.63, 3.8) is 0 Å². The number of hydrogen-bond donors (Lipinski definition) is 1. The van der Waals surface area contributed by atoms with E-state index in [0.29, 0.717) is 30.7 Å². The van der Waals surface area contributed by atoms with E-state index in [0.717, 1.165) is 17.8 Å². The molecule has 1 aliphatic heterocycles. The van der Waals surface area contributed by atoms with Crippen LogP contribution >= 0.6 is 0 Å². The number of carbonyl (C=O) groups is 2. The van der Waals surface area contributed by atoms with E-state index in [4.69, 9.17) is 0 Å².